The van der Waals surface area contributed by atoms with Gasteiger partial charge in [0, 0.05) is 0 Å². The van der Waals surface area contributed by atoms with Crippen molar-refractivity contribution in [3.05, 3.63) is 0 Å². The molecule has 7 heteroatoms. The lowest BCUT2D eigenvalue weighted by Crippen LogP contribution is -2.26. The second-order valence-corrected chi connectivity index (χ2v) is 6.57. The van der Waals surface area contributed by atoms with Crippen molar-refractivity contribution in [2.45, 2.75) is 50.7 Å². The van der Waals surface area contributed by atoms with E-state index >= 15 is 0 Å². The van der Waals surface area contributed by atoms with E-state index in [2.05, 4.69) is 0 Å². The van der Waals surface area contributed by atoms with Gasteiger partial charge in [-0.2, -0.15) is 0 Å². The Kier molecular flexibility index (Phi) is 4.41. The minimum Gasteiger partial charge on any atom is -0.302 e. The molecule has 0 heterocycles. The van der Waals surface area contributed by atoms with Gasteiger partial charge in [0.25, 0.3) is 10.2 Å². The Morgan fingerprint density at radius 1 is 1.00 bits per heavy atom. The largest absolute Gasteiger partial charge is 0.302 e. The van der Waals surface area contributed by atoms with Gasteiger partial charge in [-0.1, -0.05) is 58.5 Å². The highest BCUT2D eigenvalue weighted by molar-refractivity contribution is 8.46. The molecule has 0 saturated heterocycles. The van der Waals surface area contributed by atoms with Gasteiger partial charge in [-0.25, -0.2) is 0 Å². The molecular formula is C9H17F5OS. The van der Waals surface area contributed by atoms with Crippen LogP contribution < -0.4 is 0 Å². The number of halogens is 5. The molecule has 0 aliphatic carbocycles. The molecule has 1 atom stereocenters. The number of aldehydes is 1. The maximum atomic E-state index is 12.2. The van der Waals surface area contributed by atoms with Crippen molar-refractivity contribution in [1.82, 2.24) is 0 Å². The summed E-state index contributed by atoms with van der Waals surface area (Å²) in [5.74, 6) is 0. The summed E-state index contributed by atoms with van der Waals surface area (Å²) in [6.07, 6.45) is 1.48. The predicted molar refractivity (Wildman–Crippen MR) is 56.4 cm³/mol. The van der Waals surface area contributed by atoms with Crippen LogP contribution in [0.2, 0.25) is 0 Å². The number of carbonyl (C=O) groups is 1. The molecule has 0 fully saturated rings. The predicted octanol–water partition coefficient (Wildman–Crippen LogP) is 5.21. The molecule has 16 heavy (non-hydrogen) atoms. The molecule has 0 rings (SSSR count). The SMILES string of the molecule is CCCCCCC[C@@H](C=O)S(F)(F)(F)(F)F. The highest BCUT2D eigenvalue weighted by atomic mass is 32.5. The summed E-state index contributed by atoms with van der Waals surface area (Å²) in [6.45, 7) is 1.93. The molecule has 0 radical (unpaired) electrons. The molecule has 0 unspecified atom stereocenters. The van der Waals surface area contributed by atoms with Crippen LogP contribution in [0.25, 0.3) is 0 Å². The second kappa shape index (κ2) is 4.50. The van der Waals surface area contributed by atoms with E-state index in [9.17, 15) is 24.2 Å². The van der Waals surface area contributed by atoms with Crippen LogP contribution in [0.5, 0.6) is 0 Å². The first-order chi connectivity index (χ1) is 7.01. The third kappa shape index (κ3) is 6.30. The molecule has 0 saturated carbocycles. The second-order valence-electron chi connectivity index (χ2n) is 3.91. The van der Waals surface area contributed by atoms with E-state index in [1.54, 1.807) is 0 Å². The van der Waals surface area contributed by atoms with Gasteiger partial charge in [0.05, 0.1) is 0 Å². The zero-order chi connectivity index (χ0) is 12.9. The molecule has 1 nitrogen and oxygen atoms in total. The third-order valence-electron chi connectivity index (χ3n) is 2.32. The molecule has 0 aromatic rings. The van der Waals surface area contributed by atoms with Crippen molar-refractivity contribution in [3.8, 4) is 0 Å². The molecule has 100 valence electrons. The summed E-state index contributed by atoms with van der Waals surface area (Å²) < 4.78 is 61.1. The topological polar surface area (TPSA) is 17.1 Å². The first-order valence-electron chi connectivity index (χ1n) is 5.19. The van der Waals surface area contributed by atoms with Gasteiger partial charge in [-0.05, 0) is 6.42 Å². The van der Waals surface area contributed by atoms with Gasteiger partial charge in [0.1, 0.15) is 6.29 Å². The van der Waals surface area contributed by atoms with Gasteiger partial charge in [-0.15, -0.1) is 0 Å². The number of hydrogen-bond donors (Lipinski definition) is 0. The van der Waals surface area contributed by atoms with Crippen molar-refractivity contribution < 1.29 is 24.2 Å². The Bertz CT molecular complexity index is 234. The van der Waals surface area contributed by atoms with Crippen molar-refractivity contribution in [2.24, 2.45) is 0 Å². The summed E-state index contributed by atoms with van der Waals surface area (Å²) in [5, 5.41) is -3.08. The molecule has 0 spiro atoms. The minimum atomic E-state index is -9.62. The van der Waals surface area contributed by atoms with Crippen LogP contribution in [0.4, 0.5) is 19.4 Å². The molecule has 0 N–H and O–H groups in total. The Balaban J connectivity index is 4.20. The number of hydrogen-bond acceptors (Lipinski definition) is 1. The molecule has 0 bridgehead atoms. The minimum absolute atomic E-state index is 0.00894. The summed E-state index contributed by atoms with van der Waals surface area (Å²) in [5.41, 5.74) is 0. The number of unbranched alkanes of at least 4 members (excludes halogenated alkanes) is 4. The highest BCUT2D eigenvalue weighted by Gasteiger charge is 2.69. The monoisotopic (exact) mass is 268 g/mol. The van der Waals surface area contributed by atoms with Crippen LogP contribution >= 0.6 is 10.2 Å². The van der Waals surface area contributed by atoms with E-state index in [-0.39, 0.29) is 6.42 Å². The van der Waals surface area contributed by atoms with Crippen LogP contribution in [0.15, 0.2) is 0 Å². The van der Waals surface area contributed by atoms with Gasteiger partial charge >= 0.3 is 0 Å². The molecule has 0 aliphatic heterocycles. The van der Waals surface area contributed by atoms with Crippen LogP contribution in [0, 0.1) is 0 Å². The number of carbonyl (C=O) groups excluding carboxylic acids is 1. The quantitative estimate of drug-likeness (QED) is 0.335. The van der Waals surface area contributed by atoms with E-state index in [1.165, 1.54) is 0 Å². The third-order valence-corrected chi connectivity index (χ3v) is 3.81. The molecule has 0 aromatic carbocycles. The fourth-order valence-electron chi connectivity index (χ4n) is 1.34. The lowest BCUT2D eigenvalue weighted by atomic mass is 10.1. The maximum absolute atomic E-state index is 12.2. The number of rotatable bonds is 8. The zero-order valence-electron chi connectivity index (χ0n) is 9.10. The van der Waals surface area contributed by atoms with Crippen molar-refractivity contribution in [3.63, 3.8) is 0 Å². The van der Waals surface area contributed by atoms with Crippen LogP contribution in [-0.4, -0.2) is 11.5 Å². The normalized spacial score (nSPS) is 18.6. The van der Waals surface area contributed by atoms with E-state index < -0.39 is 28.2 Å². The molecule has 0 aliphatic rings. The summed E-state index contributed by atoms with van der Waals surface area (Å²) >= 11 is 0. The van der Waals surface area contributed by atoms with Gasteiger partial charge in [-0.3, -0.25) is 0 Å². The van der Waals surface area contributed by atoms with Crippen LogP contribution in [0.1, 0.15) is 45.4 Å². The Morgan fingerprint density at radius 3 is 1.88 bits per heavy atom. The van der Waals surface area contributed by atoms with E-state index in [0.29, 0.717) is 12.8 Å². The van der Waals surface area contributed by atoms with Crippen LogP contribution in [0.3, 0.4) is 0 Å². The fourth-order valence-corrected chi connectivity index (χ4v) is 2.17. The van der Waals surface area contributed by atoms with Gasteiger partial charge in [0.15, 0.2) is 5.25 Å². The fraction of sp³-hybridized carbons (Fsp3) is 0.889. The average molecular weight is 268 g/mol. The first kappa shape index (κ1) is 15.7. The Hall–Kier alpha value is -0.330. The molecule has 0 aromatic heterocycles. The van der Waals surface area contributed by atoms with Crippen molar-refractivity contribution in [2.75, 3.05) is 0 Å². The van der Waals surface area contributed by atoms with E-state index in [0.717, 1.165) is 12.8 Å². The Labute approximate surface area is 92.1 Å². The molecular weight excluding hydrogens is 251 g/mol. The lowest BCUT2D eigenvalue weighted by molar-refractivity contribution is -0.108. The maximum Gasteiger partial charge on any atom is 0.294 e. The summed E-state index contributed by atoms with van der Waals surface area (Å²) in [7, 11) is -9.62. The van der Waals surface area contributed by atoms with E-state index in [1.807, 2.05) is 6.92 Å². The van der Waals surface area contributed by atoms with Crippen molar-refractivity contribution >= 4 is 16.5 Å². The van der Waals surface area contributed by atoms with Gasteiger partial charge < -0.3 is 4.79 Å². The van der Waals surface area contributed by atoms with Gasteiger partial charge in [0.2, 0.25) is 0 Å². The molecule has 0 amide bonds. The highest BCUT2D eigenvalue weighted by Crippen LogP contribution is 3.00. The standard InChI is InChI=1S/C9H17F5OS/c1-2-3-4-5-6-7-9(8-15)16(10,11,12,13)14/h8-9H,2-7H2,1H3/t9-/m0/s1. The zero-order valence-corrected chi connectivity index (χ0v) is 9.92. The summed E-state index contributed by atoms with van der Waals surface area (Å²) in [6, 6.07) is 0. The smallest absolute Gasteiger partial charge is 0.294 e. The Morgan fingerprint density at radius 2 is 1.50 bits per heavy atom. The van der Waals surface area contributed by atoms with Crippen molar-refractivity contribution in [1.29, 1.82) is 0 Å². The summed E-state index contributed by atoms with van der Waals surface area (Å²) in [4.78, 5) is 10.1. The first-order valence-corrected chi connectivity index (χ1v) is 7.21. The lowest BCUT2D eigenvalue weighted by Gasteiger charge is -2.44. The van der Waals surface area contributed by atoms with E-state index in [4.69, 9.17) is 0 Å². The average Bonchev–Trinajstić information content (AvgIpc) is 2.06. The van der Waals surface area contributed by atoms with Crippen LogP contribution in [-0.2, 0) is 4.79 Å².